The Morgan fingerprint density at radius 3 is 2.72 bits per heavy atom. The Morgan fingerprint density at radius 2 is 2.06 bits per heavy atom. The molecule has 1 aromatic heterocycles. The molecular formula is C15H17NOS. The van der Waals surface area contributed by atoms with Gasteiger partial charge in [0.25, 0.3) is 0 Å². The molecule has 0 spiro atoms. The summed E-state index contributed by atoms with van der Waals surface area (Å²) in [4.78, 5) is 1.32. The van der Waals surface area contributed by atoms with Crippen LogP contribution in [0.15, 0.2) is 35.7 Å². The number of nitrogens with one attached hydrogen (secondary N) is 1. The fourth-order valence-corrected chi connectivity index (χ4v) is 2.82. The van der Waals surface area contributed by atoms with Gasteiger partial charge in [-0.1, -0.05) is 0 Å². The molecule has 3 rings (SSSR count). The zero-order valence-corrected chi connectivity index (χ0v) is 11.3. The Hall–Kier alpha value is -1.32. The molecule has 2 aromatic rings. The van der Waals surface area contributed by atoms with Gasteiger partial charge in [-0.2, -0.15) is 0 Å². The summed E-state index contributed by atoms with van der Waals surface area (Å²) in [6.07, 6.45) is 2.89. The predicted molar refractivity (Wildman–Crippen MR) is 76.2 cm³/mol. The first-order valence-corrected chi connectivity index (χ1v) is 7.22. The standard InChI is InChI=1S/C15H17NOS/c1-16-9-11-8-15(18-10-11)12-2-4-13(5-3-12)17-14-6-7-14/h2-5,8,10,14,16H,6-7,9H2,1H3. The van der Waals surface area contributed by atoms with E-state index in [0.29, 0.717) is 6.10 Å². The van der Waals surface area contributed by atoms with E-state index in [1.807, 2.05) is 7.05 Å². The maximum Gasteiger partial charge on any atom is 0.119 e. The molecule has 0 bridgehead atoms. The Balaban J connectivity index is 1.73. The summed E-state index contributed by atoms with van der Waals surface area (Å²) in [7, 11) is 1.97. The molecule has 0 atom stereocenters. The third kappa shape index (κ3) is 2.74. The molecule has 1 aliphatic carbocycles. The van der Waals surface area contributed by atoms with Gasteiger partial charge in [0.2, 0.25) is 0 Å². The van der Waals surface area contributed by atoms with Crippen LogP contribution in [0.2, 0.25) is 0 Å². The largest absolute Gasteiger partial charge is 0.490 e. The van der Waals surface area contributed by atoms with Crippen molar-refractivity contribution in [2.45, 2.75) is 25.5 Å². The summed E-state index contributed by atoms with van der Waals surface area (Å²) in [5, 5.41) is 5.38. The van der Waals surface area contributed by atoms with Crippen LogP contribution in [0.25, 0.3) is 10.4 Å². The summed E-state index contributed by atoms with van der Waals surface area (Å²) in [5.74, 6) is 0.994. The maximum atomic E-state index is 5.75. The van der Waals surface area contributed by atoms with Gasteiger partial charge in [-0.15, -0.1) is 11.3 Å². The van der Waals surface area contributed by atoms with Crippen LogP contribution >= 0.6 is 11.3 Å². The van der Waals surface area contributed by atoms with Crippen LogP contribution in [0.5, 0.6) is 5.75 Å². The predicted octanol–water partition coefficient (Wildman–Crippen LogP) is 3.68. The van der Waals surface area contributed by atoms with Gasteiger partial charge in [-0.25, -0.2) is 0 Å². The van der Waals surface area contributed by atoms with Crippen molar-refractivity contribution >= 4 is 11.3 Å². The SMILES string of the molecule is CNCc1csc(-c2ccc(OC3CC3)cc2)c1. The summed E-state index contributed by atoms with van der Waals surface area (Å²) in [6, 6.07) is 10.7. The fourth-order valence-electron chi connectivity index (χ4n) is 1.90. The second-order valence-electron chi connectivity index (χ2n) is 4.69. The Kier molecular flexibility index (Phi) is 3.35. The fraction of sp³-hybridized carbons (Fsp3) is 0.333. The van der Waals surface area contributed by atoms with E-state index in [4.69, 9.17) is 4.74 Å². The number of benzene rings is 1. The summed E-state index contributed by atoms with van der Waals surface area (Å²) >= 11 is 1.79. The lowest BCUT2D eigenvalue weighted by Crippen LogP contribution is -2.03. The summed E-state index contributed by atoms with van der Waals surface area (Å²) < 4.78 is 5.75. The molecule has 1 saturated carbocycles. The van der Waals surface area contributed by atoms with Crippen LogP contribution in [-0.2, 0) is 6.54 Å². The Morgan fingerprint density at radius 1 is 1.28 bits per heavy atom. The summed E-state index contributed by atoms with van der Waals surface area (Å²) in [6.45, 7) is 0.930. The van der Waals surface area contributed by atoms with E-state index in [-0.39, 0.29) is 0 Å². The van der Waals surface area contributed by atoms with Crippen molar-refractivity contribution in [3.63, 3.8) is 0 Å². The molecule has 1 fully saturated rings. The average molecular weight is 259 g/mol. The van der Waals surface area contributed by atoms with Crippen LogP contribution in [0.1, 0.15) is 18.4 Å². The van der Waals surface area contributed by atoms with Gasteiger partial charge in [0.1, 0.15) is 5.75 Å². The number of hydrogen-bond acceptors (Lipinski definition) is 3. The molecule has 0 unspecified atom stereocenters. The molecule has 1 N–H and O–H groups in total. The van der Waals surface area contributed by atoms with Gasteiger partial charge in [0.15, 0.2) is 0 Å². The number of rotatable bonds is 5. The normalized spacial score (nSPS) is 14.7. The average Bonchev–Trinajstić information content (AvgIpc) is 3.07. The highest BCUT2D eigenvalue weighted by atomic mass is 32.1. The Labute approximate surface area is 112 Å². The van der Waals surface area contributed by atoms with E-state index < -0.39 is 0 Å². The molecule has 94 valence electrons. The molecule has 1 heterocycles. The van der Waals surface area contributed by atoms with Crippen molar-refractivity contribution in [3.05, 3.63) is 41.3 Å². The molecule has 3 heteroatoms. The zero-order chi connectivity index (χ0) is 12.4. The summed E-state index contributed by atoms with van der Waals surface area (Å²) in [5.41, 5.74) is 2.61. The van der Waals surface area contributed by atoms with Crippen LogP contribution in [-0.4, -0.2) is 13.2 Å². The third-order valence-electron chi connectivity index (χ3n) is 3.00. The maximum absolute atomic E-state index is 5.75. The minimum Gasteiger partial charge on any atom is -0.490 e. The van der Waals surface area contributed by atoms with E-state index in [9.17, 15) is 0 Å². The molecule has 1 aromatic carbocycles. The monoisotopic (exact) mass is 259 g/mol. The van der Waals surface area contributed by atoms with Gasteiger partial charge in [0.05, 0.1) is 6.10 Å². The van der Waals surface area contributed by atoms with Crippen molar-refractivity contribution in [1.29, 1.82) is 0 Å². The molecule has 18 heavy (non-hydrogen) atoms. The van der Waals surface area contributed by atoms with Crippen LogP contribution in [0, 0.1) is 0 Å². The first-order chi connectivity index (χ1) is 8.85. The highest BCUT2D eigenvalue weighted by Gasteiger charge is 2.23. The van der Waals surface area contributed by atoms with E-state index in [2.05, 4.69) is 41.0 Å². The van der Waals surface area contributed by atoms with Crippen LogP contribution in [0.3, 0.4) is 0 Å². The van der Waals surface area contributed by atoms with Crippen molar-refractivity contribution in [2.24, 2.45) is 0 Å². The van der Waals surface area contributed by atoms with Crippen molar-refractivity contribution in [3.8, 4) is 16.2 Å². The Bertz CT molecular complexity index is 514. The van der Waals surface area contributed by atoms with Crippen molar-refractivity contribution in [1.82, 2.24) is 5.32 Å². The number of thiophene rings is 1. The molecule has 0 radical (unpaired) electrons. The van der Waals surface area contributed by atoms with E-state index in [0.717, 1.165) is 12.3 Å². The molecular weight excluding hydrogens is 242 g/mol. The number of hydrogen-bond donors (Lipinski definition) is 1. The lowest BCUT2D eigenvalue weighted by atomic mass is 10.1. The lowest BCUT2D eigenvalue weighted by Gasteiger charge is -2.04. The molecule has 1 aliphatic rings. The molecule has 0 aliphatic heterocycles. The smallest absolute Gasteiger partial charge is 0.119 e. The second-order valence-corrected chi connectivity index (χ2v) is 5.60. The first kappa shape index (κ1) is 11.8. The van der Waals surface area contributed by atoms with E-state index in [1.54, 1.807) is 11.3 Å². The first-order valence-electron chi connectivity index (χ1n) is 6.34. The topological polar surface area (TPSA) is 21.3 Å². The van der Waals surface area contributed by atoms with Gasteiger partial charge >= 0.3 is 0 Å². The highest BCUT2D eigenvalue weighted by Crippen LogP contribution is 2.31. The van der Waals surface area contributed by atoms with Gasteiger partial charge in [-0.3, -0.25) is 0 Å². The van der Waals surface area contributed by atoms with Crippen LogP contribution < -0.4 is 10.1 Å². The van der Waals surface area contributed by atoms with E-state index >= 15 is 0 Å². The van der Waals surface area contributed by atoms with Crippen molar-refractivity contribution in [2.75, 3.05) is 7.05 Å². The molecule has 0 saturated heterocycles. The quantitative estimate of drug-likeness (QED) is 0.884. The van der Waals surface area contributed by atoms with Gasteiger partial charge in [-0.05, 0) is 66.7 Å². The zero-order valence-electron chi connectivity index (χ0n) is 10.5. The highest BCUT2D eigenvalue weighted by molar-refractivity contribution is 7.13. The van der Waals surface area contributed by atoms with Crippen molar-refractivity contribution < 1.29 is 4.74 Å². The lowest BCUT2D eigenvalue weighted by molar-refractivity contribution is 0.303. The minimum atomic E-state index is 0.472. The molecule has 0 amide bonds. The van der Waals surface area contributed by atoms with Crippen LogP contribution in [0.4, 0.5) is 0 Å². The third-order valence-corrected chi connectivity index (χ3v) is 4.03. The van der Waals surface area contributed by atoms with Gasteiger partial charge < -0.3 is 10.1 Å². The van der Waals surface area contributed by atoms with Gasteiger partial charge in [0, 0.05) is 11.4 Å². The molecule has 2 nitrogen and oxygen atoms in total. The number of ether oxygens (including phenoxy) is 1. The second kappa shape index (κ2) is 5.12. The minimum absolute atomic E-state index is 0.472. The van der Waals surface area contributed by atoms with E-state index in [1.165, 1.54) is 28.8 Å².